The fraction of sp³-hybridized carbons (Fsp3) is 0.0714. The van der Waals surface area contributed by atoms with E-state index >= 15 is 0 Å². The monoisotopic (exact) mass is 487 g/mol. The highest BCUT2D eigenvalue weighted by Gasteiger charge is 2.47. The van der Waals surface area contributed by atoms with Crippen LogP contribution >= 0.6 is 23.2 Å². The summed E-state index contributed by atoms with van der Waals surface area (Å²) in [5.41, 5.74) is 2.45. The molecule has 6 heteroatoms. The number of hydrogen-bond acceptors (Lipinski definition) is 3. The molecule has 0 bridgehead atoms. The van der Waals surface area contributed by atoms with E-state index in [2.05, 4.69) is 0 Å². The molecule has 34 heavy (non-hydrogen) atoms. The second-order valence-corrected chi connectivity index (χ2v) is 9.02. The van der Waals surface area contributed by atoms with Crippen LogP contribution in [0.4, 0.5) is 5.69 Å². The minimum atomic E-state index is -0.852. The van der Waals surface area contributed by atoms with Crippen LogP contribution in [0.1, 0.15) is 22.7 Å². The van der Waals surface area contributed by atoms with Crippen molar-refractivity contribution < 1.29 is 14.7 Å². The van der Waals surface area contributed by atoms with Gasteiger partial charge < -0.3 is 5.11 Å². The minimum absolute atomic E-state index is 0.0142. The summed E-state index contributed by atoms with van der Waals surface area (Å²) >= 11 is 12.5. The van der Waals surface area contributed by atoms with Crippen LogP contribution in [0.3, 0.4) is 0 Å². The first-order valence-electron chi connectivity index (χ1n) is 10.7. The van der Waals surface area contributed by atoms with Gasteiger partial charge in [0, 0.05) is 21.3 Å². The average Bonchev–Trinajstić information content (AvgIpc) is 3.11. The molecule has 0 saturated carbocycles. The first kappa shape index (κ1) is 22.2. The van der Waals surface area contributed by atoms with Crippen LogP contribution in [0.25, 0.3) is 16.5 Å². The van der Waals surface area contributed by atoms with Crippen molar-refractivity contribution in [3.63, 3.8) is 0 Å². The van der Waals surface area contributed by atoms with Gasteiger partial charge >= 0.3 is 0 Å². The molecule has 1 unspecified atom stereocenters. The van der Waals surface area contributed by atoms with Crippen molar-refractivity contribution in [3.8, 4) is 0 Å². The number of amides is 1. The van der Waals surface area contributed by atoms with Crippen LogP contribution in [-0.4, -0.2) is 16.8 Å². The molecular formula is C28H19Cl2NO3. The third-order valence-corrected chi connectivity index (χ3v) is 6.77. The standard InChI is InChI=1S/C28H19Cl2NO3/c1-16-9-14-20(15-23(16)30)31-25(18-10-12-19(29)13-11-18)24(27(33)28(31)34)26(32)22-8-4-6-17-5-2-3-7-21(17)22/h2-15,25,32H,1H3/b26-24-. The number of carbonyl (C=O) groups is 2. The lowest BCUT2D eigenvalue weighted by molar-refractivity contribution is -0.132. The molecule has 1 heterocycles. The maximum atomic E-state index is 13.4. The van der Waals surface area contributed by atoms with E-state index in [-0.39, 0.29) is 11.3 Å². The molecule has 4 nitrogen and oxygen atoms in total. The zero-order valence-electron chi connectivity index (χ0n) is 18.1. The van der Waals surface area contributed by atoms with Gasteiger partial charge in [0.25, 0.3) is 11.7 Å². The maximum absolute atomic E-state index is 13.4. The maximum Gasteiger partial charge on any atom is 0.300 e. The number of ketones is 1. The number of rotatable bonds is 3. The van der Waals surface area contributed by atoms with Gasteiger partial charge in [0.05, 0.1) is 11.6 Å². The van der Waals surface area contributed by atoms with E-state index in [0.717, 1.165) is 16.3 Å². The van der Waals surface area contributed by atoms with Crippen molar-refractivity contribution in [2.75, 3.05) is 4.90 Å². The Hall–Kier alpha value is -3.60. The van der Waals surface area contributed by atoms with Crippen molar-refractivity contribution in [3.05, 3.63) is 117 Å². The number of benzene rings is 4. The first-order valence-corrected chi connectivity index (χ1v) is 11.4. The lowest BCUT2D eigenvalue weighted by atomic mass is 9.93. The molecular weight excluding hydrogens is 469 g/mol. The van der Waals surface area contributed by atoms with E-state index < -0.39 is 17.7 Å². The van der Waals surface area contributed by atoms with Crippen molar-refractivity contribution in [1.29, 1.82) is 0 Å². The highest BCUT2D eigenvalue weighted by molar-refractivity contribution is 6.52. The molecule has 1 aliphatic rings. The van der Waals surface area contributed by atoms with Gasteiger partial charge in [0.2, 0.25) is 0 Å². The van der Waals surface area contributed by atoms with Crippen LogP contribution in [-0.2, 0) is 9.59 Å². The summed E-state index contributed by atoms with van der Waals surface area (Å²) in [6, 6.07) is 24.3. The van der Waals surface area contributed by atoms with E-state index in [0.29, 0.717) is 26.9 Å². The van der Waals surface area contributed by atoms with E-state index in [1.54, 1.807) is 48.5 Å². The van der Waals surface area contributed by atoms with Gasteiger partial charge in [0.1, 0.15) is 5.76 Å². The molecule has 0 aliphatic carbocycles. The number of halogens is 2. The quantitative estimate of drug-likeness (QED) is 0.190. The summed E-state index contributed by atoms with van der Waals surface area (Å²) in [5.74, 6) is -1.72. The zero-order valence-corrected chi connectivity index (χ0v) is 19.6. The number of Topliss-reactive ketones (excluding diaryl/α,β-unsaturated/α-hetero) is 1. The fourth-order valence-corrected chi connectivity index (χ4v) is 4.67. The van der Waals surface area contributed by atoms with Gasteiger partial charge in [0.15, 0.2) is 0 Å². The third-order valence-electron chi connectivity index (χ3n) is 6.11. The number of aryl methyl sites for hydroxylation is 1. The Labute approximate surface area is 206 Å². The Morgan fingerprint density at radius 2 is 1.59 bits per heavy atom. The van der Waals surface area contributed by atoms with Gasteiger partial charge in [-0.1, -0.05) is 83.9 Å². The summed E-state index contributed by atoms with van der Waals surface area (Å²) in [5, 5.41) is 14.2. The molecule has 168 valence electrons. The molecule has 0 spiro atoms. The molecule has 1 fully saturated rings. The van der Waals surface area contributed by atoms with Crippen LogP contribution in [0.2, 0.25) is 10.0 Å². The number of anilines is 1. The Morgan fingerprint density at radius 3 is 2.32 bits per heavy atom. The molecule has 1 N–H and O–H groups in total. The summed E-state index contributed by atoms with van der Waals surface area (Å²) in [6.07, 6.45) is 0. The van der Waals surface area contributed by atoms with Crippen molar-refractivity contribution in [1.82, 2.24) is 0 Å². The Balaban J connectivity index is 1.78. The smallest absolute Gasteiger partial charge is 0.300 e. The van der Waals surface area contributed by atoms with Gasteiger partial charge in [-0.05, 0) is 53.1 Å². The molecule has 0 radical (unpaired) electrons. The minimum Gasteiger partial charge on any atom is -0.507 e. The van der Waals surface area contributed by atoms with Crippen LogP contribution in [0.5, 0.6) is 0 Å². The summed E-state index contributed by atoms with van der Waals surface area (Å²) in [6.45, 7) is 1.86. The van der Waals surface area contributed by atoms with Crippen LogP contribution < -0.4 is 4.90 Å². The Kier molecular flexibility index (Phi) is 5.64. The SMILES string of the molecule is Cc1ccc(N2C(=O)C(=O)/C(=C(\O)c3cccc4ccccc34)C2c2ccc(Cl)cc2)cc1Cl. The predicted octanol–water partition coefficient (Wildman–Crippen LogP) is 7.08. The van der Waals surface area contributed by atoms with Crippen LogP contribution in [0.15, 0.2) is 90.5 Å². The number of fused-ring (bicyclic) bond motifs is 1. The average molecular weight is 488 g/mol. The van der Waals surface area contributed by atoms with Crippen molar-refractivity contribution in [2.45, 2.75) is 13.0 Å². The first-order chi connectivity index (χ1) is 16.4. The van der Waals surface area contributed by atoms with E-state index in [4.69, 9.17) is 23.2 Å². The van der Waals surface area contributed by atoms with Crippen LogP contribution in [0, 0.1) is 6.92 Å². The fourth-order valence-electron chi connectivity index (χ4n) is 4.37. The Morgan fingerprint density at radius 1 is 0.882 bits per heavy atom. The highest BCUT2D eigenvalue weighted by Crippen LogP contribution is 2.43. The lowest BCUT2D eigenvalue weighted by Gasteiger charge is -2.26. The summed E-state index contributed by atoms with van der Waals surface area (Å²) in [4.78, 5) is 28.1. The molecule has 1 saturated heterocycles. The van der Waals surface area contributed by atoms with E-state index in [1.807, 2.05) is 43.3 Å². The summed E-state index contributed by atoms with van der Waals surface area (Å²) < 4.78 is 0. The second kappa shape index (κ2) is 8.64. The molecule has 1 atom stereocenters. The molecule has 5 rings (SSSR count). The van der Waals surface area contributed by atoms with Gasteiger partial charge in [-0.3, -0.25) is 14.5 Å². The zero-order chi connectivity index (χ0) is 24.0. The van der Waals surface area contributed by atoms with Gasteiger partial charge in [-0.2, -0.15) is 0 Å². The third kappa shape index (κ3) is 3.65. The molecule has 1 aliphatic heterocycles. The van der Waals surface area contributed by atoms with Gasteiger partial charge in [-0.25, -0.2) is 0 Å². The predicted molar refractivity (Wildman–Crippen MR) is 136 cm³/mol. The number of hydrogen-bond donors (Lipinski definition) is 1. The topological polar surface area (TPSA) is 57.6 Å². The van der Waals surface area contributed by atoms with Crippen molar-refractivity contribution in [2.24, 2.45) is 0 Å². The molecule has 4 aromatic rings. The largest absolute Gasteiger partial charge is 0.507 e. The summed E-state index contributed by atoms with van der Waals surface area (Å²) in [7, 11) is 0. The normalized spacial score (nSPS) is 17.5. The Bertz CT molecular complexity index is 1490. The van der Waals surface area contributed by atoms with E-state index in [1.165, 1.54) is 4.90 Å². The molecule has 4 aromatic carbocycles. The van der Waals surface area contributed by atoms with Gasteiger partial charge in [-0.15, -0.1) is 0 Å². The van der Waals surface area contributed by atoms with E-state index in [9.17, 15) is 14.7 Å². The molecule has 0 aromatic heterocycles. The molecule has 1 amide bonds. The number of nitrogens with zero attached hydrogens (tertiary/aromatic N) is 1. The number of aliphatic hydroxyl groups excluding tert-OH is 1. The lowest BCUT2D eigenvalue weighted by Crippen LogP contribution is -2.29. The second-order valence-electron chi connectivity index (χ2n) is 8.18. The highest BCUT2D eigenvalue weighted by atomic mass is 35.5. The number of aliphatic hydroxyl groups is 1. The van der Waals surface area contributed by atoms with Crippen molar-refractivity contribution >= 4 is 57.1 Å². The number of carbonyl (C=O) groups excluding carboxylic acids is 2.